The van der Waals surface area contributed by atoms with Gasteiger partial charge in [0.15, 0.2) is 5.41 Å². The van der Waals surface area contributed by atoms with Crippen molar-refractivity contribution >= 4 is 5.97 Å². The van der Waals surface area contributed by atoms with Crippen LogP contribution in [0, 0.1) is 22.7 Å². The van der Waals surface area contributed by atoms with E-state index in [1.54, 1.807) is 6.92 Å². The summed E-state index contributed by atoms with van der Waals surface area (Å²) in [6.45, 7) is 4.15. The van der Waals surface area contributed by atoms with Crippen LogP contribution in [0.15, 0.2) is 0 Å². The summed E-state index contributed by atoms with van der Waals surface area (Å²) in [5.74, 6) is 0.139. The first kappa shape index (κ1) is 9.05. The lowest BCUT2D eigenvalue weighted by Crippen LogP contribution is -2.42. The Balaban J connectivity index is 2.59. The van der Waals surface area contributed by atoms with Crippen LogP contribution in [0.1, 0.15) is 26.7 Å². The standard InChI is InChI=1S/C9H13NO2/c1-3-12-8(11)9(6-10)4-7(2)5-9/h7H,3-5H2,1-2H3. The van der Waals surface area contributed by atoms with Crippen molar-refractivity contribution in [1.82, 2.24) is 0 Å². The van der Waals surface area contributed by atoms with Gasteiger partial charge in [-0.1, -0.05) is 6.92 Å². The van der Waals surface area contributed by atoms with Gasteiger partial charge in [-0.25, -0.2) is 0 Å². The van der Waals surface area contributed by atoms with Crippen LogP contribution in [0.25, 0.3) is 0 Å². The van der Waals surface area contributed by atoms with Crippen LogP contribution in [-0.2, 0) is 9.53 Å². The fourth-order valence-corrected chi connectivity index (χ4v) is 1.70. The van der Waals surface area contributed by atoms with Crippen LogP contribution >= 0.6 is 0 Å². The zero-order chi connectivity index (χ0) is 9.19. The van der Waals surface area contributed by atoms with Crippen LogP contribution in [0.4, 0.5) is 0 Å². The molecule has 0 amide bonds. The SMILES string of the molecule is CCOC(=O)C1(C#N)CC(C)C1. The van der Waals surface area contributed by atoms with Crippen molar-refractivity contribution in [3.05, 3.63) is 0 Å². The molecule has 0 atom stereocenters. The Morgan fingerprint density at radius 1 is 1.75 bits per heavy atom. The maximum atomic E-state index is 11.3. The number of hydrogen-bond donors (Lipinski definition) is 0. The molecule has 66 valence electrons. The van der Waals surface area contributed by atoms with Gasteiger partial charge in [0.05, 0.1) is 12.7 Å². The lowest BCUT2D eigenvalue weighted by atomic mass is 9.63. The highest BCUT2D eigenvalue weighted by molar-refractivity contribution is 5.81. The van der Waals surface area contributed by atoms with Gasteiger partial charge in [-0.3, -0.25) is 4.79 Å². The van der Waals surface area contributed by atoms with E-state index in [0.29, 0.717) is 25.4 Å². The molecule has 0 N–H and O–H groups in total. The molecule has 1 aliphatic carbocycles. The second-order valence-corrected chi connectivity index (χ2v) is 3.43. The molecule has 12 heavy (non-hydrogen) atoms. The Morgan fingerprint density at radius 2 is 2.33 bits per heavy atom. The van der Waals surface area contributed by atoms with Crippen LogP contribution in [0.5, 0.6) is 0 Å². The van der Waals surface area contributed by atoms with Crippen LogP contribution < -0.4 is 0 Å². The van der Waals surface area contributed by atoms with E-state index in [4.69, 9.17) is 10.00 Å². The zero-order valence-corrected chi connectivity index (χ0v) is 7.46. The molecule has 0 aliphatic heterocycles. The van der Waals surface area contributed by atoms with Crippen LogP contribution in [0.3, 0.4) is 0 Å². The molecule has 0 saturated heterocycles. The topological polar surface area (TPSA) is 50.1 Å². The van der Waals surface area contributed by atoms with E-state index in [-0.39, 0.29) is 5.97 Å². The van der Waals surface area contributed by atoms with E-state index in [1.807, 2.05) is 6.92 Å². The van der Waals surface area contributed by atoms with Crippen molar-refractivity contribution < 1.29 is 9.53 Å². The molecule has 1 fully saturated rings. The molecule has 0 bridgehead atoms. The third-order valence-corrected chi connectivity index (χ3v) is 2.27. The Morgan fingerprint density at radius 3 is 2.67 bits per heavy atom. The average Bonchev–Trinajstić information content (AvgIpc) is 1.98. The van der Waals surface area contributed by atoms with Gasteiger partial charge in [0.1, 0.15) is 0 Å². The molecule has 0 aromatic rings. The molecule has 0 aromatic heterocycles. The van der Waals surface area contributed by atoms with Crippen LogP contribution in [-0.4, -0.2) is 12.6 Å². The number of nitriles is 1. The Bertz CT molecular complexity index is 223. The highest BCUT2D eigenvalue weighted by atomic mass is 16.5. The van der Waals surface area contributed by atoms with Gasteiger partial charge < -0.3 is 4.74 Å². The molecular weight excluding hydrogens is 154 g/mol. The number of nitrogens with zero attached hydrogens (tertiary/aromatic N) is 1. The van der Waals surface area contributed by atoms with Crippen molar-refractivity contribution in [3.8, 4) is 6.07 Å². The van der Waals surface area contributed by atoms with Gasteiger partial charge in [0.2, 0.25) is 0 Å². The van der Waals surface area contributed by atoms with Crippen molar-refractivity contribution in [2.24, 2.45) is 11.3 Å². The first-order valence-corrected chi connectivity index (χ1v) is 4.23. The predicted octanol–water partition coefficient (Wildman–Crippen LogP) is 1.49. The number of carbonyl (C=O) groups is 1. The predicted molar refractivity (Wildman–Crippen MR) is 43.1 cm³/mol. The first-order chi connectivity index (χ1) is 5.64. The maximum absolute atomic E-state index is 11.3. The molecular formula is C9H13NO2. The van der Waals surface area contributed by atoms with E-state index in [1.165, 1.54) is 0 Å². The Hall–Kier alpha value is -1.04. The fourth-order valence-electron chi connectivity index (χ4n) is 1.70. The summed E-state index contributed by atoms with van der Waals surface area (Å²) in [7, 11) is 0. The lowest BCUT2D eigenvalue weighted by molar-refractivity contribution is -0.158. The van der Waals surface area contributed by atoms with Gasteiger partial charge >= 0.3 is 5.97 Å². The van der Waals surface area contributed by atoms with E-state index in [2.05, 4.69) is 6.07 Å². The summed E-state index contributed by atoms with van der Waals surface area (Å²) in [5, 5.41) is 8.80. The van der Waals surface area contributed by atoms with Gasteiger partial charge in [-0.15, -0.1) is 0 Å². The molecule has 1 aliphatic rings. The van der Waals surface area contributed by atoms with Gasteiger partial charge in [0.25, 0.3) is 0 Å². The minimum absolute atomic E-state index is 0.342. The van der Waals surface area contributed by atoms with E-state index >= 15 is 0 Å². The van der Waals surface area contributed by atoms with Crippen molar-refractivity contribution in [2.75, 3.05) is 6.61 Å². The third-order valence-electron chi connectivity index (χ3n) is 2.27. The molecule has 3 heteroatoms. The monoisotopic (exact) mass is 167 g/mol. The van der Waals surface area contributed by atoms with Gasteiger partial charge in [-0.05, 0) is 25.7 Å². The zero-order valence-electron chi connectivity index (χ0n) is 7.46. The molecule has 0 radical (unpaired) electrons. The molecule has 0 aromatic carbocycles. The van der Waals surface area contributed by atoms with Gasteiger partial charge in [-0.2, -0.15) is 5.26 Å². The number of carbonyl (C=O) groups excluding carboxylic acids is 1. The molecule has 0 heterocycles. The van der Waals surface area contributed by atoms with E-state index < -0.39 is 5.41 Å². The summed E-state index contributed by atoms with van der Waals surface area (Å²) in [6, 6.07) is 2.06. The highest BCUT2D eigenvalue weighted by Gasteiger charge is 2.50. The lowest BCUT2D eigenvalue weighted by Gasteiger charge is -2.38. The smallest absolute Gasteiger partial charge is 0.326 e. The second kappa shape index (κ2) is 3.14. The van der Waals surface area contributed by atoms with E-state index in [0.717, 1.165) is 0 Å². The summed E-state index contributed by atoms with van der Waals surface area (Å²) >= 11 is 0. The summed E-state index contributed by atoms with van der Waals surface area (Å²) in [6.07, 6.45) is 1.31. The third kappa shape index (κ3) is 1.29. The Labute approximate surface area is 72.3 Å². The highest BCUT2D eigenvalue weighted by Crippen LogP contribution is 2.45. The van der Waals surface area contributed by atoms with Crippen molar-refractivity contribution in [3.63, 3.8) is 0 Å². The molecule has 0 spiro atoms. The number of rotatable bonds is 2. The minimum atomic E-state index is -0.810. The maximum Gasteiger partial charge on any atom is 0.326 e. The van der Waals surface area contributed by atoms with Crippen molar-refractivity contribution in [2.45, 2.75) is 26.7 Å². The number of ether oxygens (including phenoxy) is 1. The largest absolute Gasteiger partial charge is 0.465 e. The second-order valence-electron chi connectivity index (χ2n) is 3.43. The summed E-state index contributed by atoms with van der Waals surface area (Å²) < 4.78 is 4.83. The van der Waals surface area contributed by atoms with Gasteiger partial charge in [0, 0.05) is 0 Å². The minimum Gasteiger partial charge on any atom is -0.465 e. The van der Waals surface area contributed by atoms with E-state index in [9.17, 15) is 4.79 Å². The molecule has 0 unspecified atom stereocenters. The first-order valence-electron chi connectivity index (χ1n) is 4.23. The van der Waals surface area contributed by atoms with Crippen molar-refractivity contribution in [1.29, 1.82) is 5.26 Å². The normalized spacial score (nSPS) is 33.2. The number of hydrogen-bond acceptors (Lipinski definition) is 3. The Kier molecular flexibility index (Phi) is 2.37. The summed E-state index contributed by atoms with van der Waals surface area (Å²) in [4.78, 5) is 11.3. The molecule has 1 saturated carbocycles. The quantitative estimate of drug-likeness (QED) is 0.585. The number of esters is 1. The molecule has 1 rings (SSSR count). The molecule has 3 nitrogen and oxygen atoms in total. The summed E-state index contributed by atoms with van der Waals surface area (Å²) in [5.41, 5.74) is -0.810. The average molecular weight is 167 g/mol. The van der Waals surface area contributed by atoms with Crippen LogP contribution in [0.2, 0.25) is 0 Å². The fraction of sp³-hybridized carbons (Fsp3) is 0.778.